The van der Waals surface area contributed by atoms with Crippen LogP contribution in [0.15, 0.2) is 9.47 Å². The number of Topliss-reactive ketones (excluding diaryl/α,β-unsaturated/α-hetero) is 2. The van der Waals surface area contributed by atoms with Gasteiger partial charge in [-0.2, -0.15) is 0 Å². The van der Waals surface area contributed by atoms with E-state index in [0.717, 1.165) is 3.39 Å². The first kappa shape index (κ1) is 15.1. The zero-order valence-corrected chi connectivity index (χ0v) is 13.8. The van der Waals surface area contributed by atoms with Crippen molar-refractivity contribution in [2.75, 3.05) is 0 Å². The number of carbonyl (C=O) groups is 2. The van der Waals surface area contributed by atoms with Crippen molar-refractivity contribution in [3.63, 3.8) is 0 Å². The van der Waals surface area contributed by atoms with Crippen LogP contribution in [0, 0.1) is 23.2 Å². The van der Waals surface area contributed by atoms with Crippen molar-refractivity contribution in [2.45, 2.75) is 34.1 Å². The van der Waals surface area contributed by atoms with Crippen LogP contribution in [0.3, 0.4) is 0 Å². The van der Waals surface area contributed by atoms with E-state index < -0.39 is 5.92 Å². The Hall–Kier alpha value is 0.0400. The van der Waals surface area contributed by atoms with E-state index in [2.05, 4.69) is 51.8 Å². The molecule has 2 nitrogen and oxygen atoms in total. The van der Waals surface area contributed by atoms with Crippen LogP contribution in [0.5, 0.6) is 0 Å². The molecule has 0 aromatic heterocycles. The van der Waals surface area contributed by atoms with E-state index in [1.54, 1.807) is 0 Å². The fourth-order valence-corrected chi connectivity index (χ4v) is 3.15. The van der Waals surface area contributed by atoms with Crippen LogP contribution in [0.4, 0.5) is 0 Å². The van der Waals surface area contributed by atoms with E-state index >= 15 is 0 Å². The molecule has 0 N–H and O–H groups in total. The molecule has 1 aliphatic carbocycles. The molecule has 0 unspecified atom stereocenters. The highest BCUT2D eigenvalue weighted by atomic mass is 79.9. The zero-order valence-electron chi connectivity index (χ0n) is 10.6. The number of ketones is 2. The van der Waals surface area contributed by atoms with Crippen molar-refractivity contribution < 1.29 is 9.59 Å². The number of allylic oxidation sites excluding steroid dienone is 1. The molecule has 0 radical (unpaired) electrons. The lowest BCUT2D eigenvalue weighted by Gasteiger charge is -2.10. The van der Waals surface area contributed by atoms with Crippen molar-refractivity contribution in [2.24, 2.45) is 23.2 Å². The maximum atomic E-state index is 11.4. The summed E-state index contributed by atoms with van der Waals surface area (Å²) in [5, 5.41) is 0. The molecule has 4 heteroatoms. The minimum Gasteiger partial charge on any atom is -0.299 e. The van der Waals surface area contributed by atoms with Crippen LogP contribution in [-0.4, -0.2) is 11.6 Å². The summed E-state index contributed by atoms with van der Waals surface area (Å²) in [6.07, 6.45) is 2.79. The summed E-state index contributed by atoms with van der Waals surface area (Å²) in [6.45, 7) is 7.37. The maximum absolute atomic E-state index is 11.4. The van der Waals surface area contributed by atoms with Crippen LogP contribution in [0.25, 0.3) is 0 Å². The topological polar surface area (TPSA) is 34.1 Å². The molecule has 0 aromatic carbocycles. The third-order valence-corrected chi connectivity index (χ3v) is 4.44. The van der Waals surface area contributed by atoms with Crippen LogP contribution in [-0.2, 0) is 9.59 Å². The second kappa shape index (κ2) is 5.35. The summed E-state index contributed by atoms with van der Waals surface area (Å²) in [5.41, 5.74) is 0.177. The molecule has 1 rings (SSSR count). The fraction of sp³-hybridized carbons (Fsp3) is 0.692. The van der Waals surface area contributed by atoms with Gasteiger partial charge in [-0.05, 0) is 69.4 Å². The second-order valence-corrected chi connectivity index (χ2v) is 8.19. The molecule has 1 aliphatic rings. The molecule has 1 fully saturated rings. The van der Waals surface area contributed by atoms with Gasteiger partial charge in [-0.15, -0.1) is 0 Å². The standard InChI is InChI=1S/C13H18Br2O2/c1-7(16)9(8(2)17)5-10-11(6-12(14)15)13(10,3)4/h6,9-11H,5H2,1-4H3/t10-,11+/m1/s1. The van der Waals surface area contributed by atoms with E-state index in [1.807, 2.05) is 0 Å². The molecule has 0 aromatic rings. The van der Waals surface area contributed by atoms with Crippen molar-refractivity contribution in [1.82, 2.24) is 0 Å². The summed E-state index contributed by atoms with van der Waals surface area (Å²) in [5.74, 6) is 0.385. The predicted octanol–water partition coefficient (Wildman–Crippen LogP) is 4.07. The van der Waals surface area contributed by atoms with Crippen molar-refractivity contribution in [3.8, 4) is 0 Å². The van der Waals surface area contributed by atoms with Gasteiger partial charge in [0.05, 0.1) is 9.31 Å². The summed E-state index contributed by atoms with van der Waals surface area (Å²) in [4.78, 5) is 22.9. The SMILES string of the molecule is CC(=O)C(C[C@@H]1[C@H](C=C(Br)Br)C1(C)C)C(C)=O. The largest absolute Gasteiger partial charge is 0.299 e. The highest BCUT2D eigenvalue weighted by Gasteiger charge is 2.56. The number of hydrogen-bond acceptors (Lipinski definition) is 2. The molecule has 0 heterocycles. The first-order chi connectivity index (χ1) is 7.67. The minimum atomic E-state index is -0.424. The Morgan fingerprint density at radius 1 is 1.24 bits per heavy atom. The predicted molar refractivity (Wildman–Crippen MR) is 76.2 cm³/mol. The monoisotopic (exact) mass is 364 g/mol. The van der Waals surface area contributed by atoms with Crippen molar-refractivity contribution in [3.05, 3.63) is 9.47 Å². The third-order valence-electron chi connectivity index (χ3n) is 3.92. The number of halogens is 2. The lowest BCUT2D eigenvalue weighted by atomic mass is 9.92. The highest BCUT2D eigenvalue weighted by molar-refractivity contribution is 9.28. The van der Waals surface area contributed by atoms with Gasteiger partial charge in [-0.25, -0.2) is 0 Å². The number of carbonyl (C=O) groups excluding carboxylic acids is 2. The van der Waals surface area contributed by atoms with Gasteiger partial charge in [0.15, 0.2) is 0 Å². The van der Waals surface area contributed by atoms with Crippen molar-refractivity contribution in [1.29, 1.82) is 0 Å². The molecule has 0 bridgehead atoms. The first-order valence-corrected chi connectivity index (χ1v) is 7.30. The Labute approximate surface area is 119 Å². The second-order valence-electron chi connectivity index (χ2n) is 5.42. The van der Waals surface area contributed by atoms with Gasteiger partial charge >= 0.3 is 0 Å². The van der Waals surface area contributed by atoms with Gasteiger partial charge in [-0.3, -0.25) is 9.59 Å². The first-order valence-electron chi connectivity index (χ1n) is 5.71. The van der Waals surface area contributed by atoms with Gasteiger partial charge in [0.2, 0.25) is 0 Å². The van der Waals surface area contributed by atoms with E-state index in [9.17, 15) is 9.59 Å². The minimum absolute atomic E-state index is 0.0131. The van der Waals surface area contributed by atoms with Gasteiger partial charge < -0.3 is 0 Å². The molecule has 0 aliphatic heterocycles. The van der Waals surface area contributed by atoms with Gasteiger partial charge in [0.25, 0.3) is 0 Å². The average Bonchev–Trinajstić information content (AvgIpc) is 2.62. The highest BCUT2D eigenvalue weighted by Crippen LogP contribution is 2.62. The van der Waals surface area contributed by atoms with Crippen LogP contribution in [0.2, 0.25) is 0 Å². The molecule has 17 heavy (non-hydrogen) atoms. The summed E-state index contributed by atoms with van der Waals surface area (Å²) in [6, 6.07) is 0. The molecular weight excluding hydrogens is 348 g/mol. The lowest BCUT2D eigenvalue weighted by Crippen LogP contribution is -2.20. The van der Waals surface area contributed by atoms with E-state index in [0.29, 0.717) is 18.3 Å². The lowest BCUT2D eigenvalue weighted by molar-refractivity contribution is -0.130. The Morgan fingerprint density at radius 3 is 2.06 bits per heavy atom. The number of rotatable bonds is 5. The normalized spacial score (nSPS) is 25.6. The Kier molecular flexibility index (Phi) is 4.75. The summed E-state index contributed by atoms with van der Waals surface area (Å²) in [7, 11) is 0. The third kappa shape index (κ3) is 3.50. The van der Waals surface area contributed by atoms with E-state index in [4.69, 9.17) is 0 Å². The molecule has 0 amide bonds. The summed E-state index contributed by atoms with van der Waals surface area (Å²) >= 11 is 6.72. The summed E-state index contributed by atoms with van der Waals surface area (Å²) < 4.78 is 0.938. The van der Waals surface area contributed by atoms with Crippen LogP contribution in [0.1, 0.15) is 34.1 Å². The quantitative estimate of drug-likeness (QED) is 0.688. The van der Waals surface area contributed by atoms with Crippen LogP contribution < -0.4 is 0 Å². The molecule has 96 valence electrons. The Balaban J connectivity index is 2.74. The maximum Gasteiger partial charge on any atom is 0.140 e. The van der Waals surface area contributed by atoms with Crippen LogP contribution >= 0.6 is 31.9 Å². The molecule has 2 atom stereocenters. The molecule has 0 spiro atoms. The van der Waals surface area contributed by atoms with E-state index in [1.165, 1.54) is 13.8 Å². The number of hydrogen-bond donors (Lipinski definition) is 0. The van der Waals surface area contributed by atoms with Gasteiger partial charge in [0.1, 0.15) is 11.6 Å². The smallest absolute Gasteiger partial charge is 0.140 e. The molecule has 0 saturated heterocycles. The van der Waals surface area contributed by atoms with E-state index in [-0.39, 0.29) is 17.0 Å². The van der Waals surface area contributed by atoms with Gasteiger partial charge in [-0.1, -0.05) is 19.9 Å². The van der Waals surface area contributed by atoms with Gasteiger partial charge in [0, 0.05) is 0 Å². The Morgan fingerprint density at radius 2 is 1.71 bits per heavy atom. The Bertz CT molecular complexity index is 354. The van der Waals surface area contributed by atoms with Crippen molar-refractivity contribution >= 4 is 43.4 Å². The fourth-order valence-electron chi connectivity index (χ4n) is 2.58. The average molecular weight is 366 g/mol. The molecular formula is C13H18Br2O2. The zero-order chi connectivity index (χ0) is 13.4. The molecule has 1 saturated carbocycles.